The van der Waals surface area contributed by atoms with E-state index in [1.165, 1.54) is 0 Å². The van der Waals surface area contributed by atoms with Gasteiger partial charge in [-0.25, -0.2) is 0 Å². The summed E-state index contributed by atoms with van der Waals surface area (Å²) in [4.78, 5) is 11.8. The van der Waals surface area contributed by atoms with E-state index in [0.717, 1.165) is 0 Å². The molecule has 0 aromatic heterocycles. The van der Waals surface area contributed by atoms with Crippen molar-refractivity contribution in [3.63, 3.8) is 0 Å². The first kappa shape index (κ1) is 12.2. The van der Waals surface area contributed by atoms with Crippen LogP contribution in [0.15, 0.2) is 18.2 Å². The smallest absolute Gasteiger partial charge is 0.255 e. The van der Waals surface area contributed by atoms with Crippen molar-refractivity contribution in [2.75, 3.05) is 30.9 Å². The zero-order valence-electron chi connectivity index (χ0n) is 9.11. The van der Waals surface area contributed by atoms with Crippen molar-refractivity contribution in [1.29, 1.82) is 0 Å². The van der Waals surface area contributed by atoms with Gasteiger partial charge in [0.1, 0.15) is 0 Å². The number of nitrogens with two attached hydrogens (primary N) is 1. The molecule has 1 fully saturated rings. The molecule has 1 unspecified atom stereocenters. The fourth-order valence-corrected chi connectivity index (χ4v) is 1.60. The molecule has 1 amide bonds. The number of hydrogen-bond donors (Lipinski definition) is 2. The fraction of sp³-hybridized carbons (Fsp3) is 0.364. The molecule has 1 saturated heterocycles. The number of halogens is 1. The lowest BCUT2D eigenvalue weighted by Crippen LogP contribution is -2.39. The number of rotatable bonds is 2. The lowest BCUT2D eigenvalue weighted by Gasteiger charge is -2.22. The molecule has 0 bridgehead atoms. The Morgan fingerprint density at radius 2 is 2.29 bits per heavy atom. The van der Waals surface area contributed by atoms with E-state index in [2.05, 4.69) is 5.32 Å². The van der Waals surface area contributed by atoms with Crippen LogP contribution in [0.2, 0.25) is 5.02 Å². The van der Waals surface area contributed by atoms with Crippen molar-refractivity contribution in [3.05, 3.63) is 23.2 Å². The van der Waals surface area contributed by atoms with E-state index in [1.807, 2.05) is 0 Å². The highest BCUT2D eigenvalue weighted by Gasteiger charge is 2.22. The molecule has 0 radical (unpaired) electrons. The number of hydrogen-bond acceptors (Lipinski definition) is 4. The van der Waals surface area contributed by atoms with Gasteiger partial charge in [0.15, 0.2) is 6.10 Å². The summed E-state index contributed by atoms with van der Waals surface area (Å²) in [6.07, 6.45) is -0.569. The topological polar surface area (TPSA) is 73.6 Å². The lowest BCUT2D eigenvalue weighted by atomic mass is 10.2. The van der Waals surface area contributed by atoms with E-state index in [1.54, 1.807) is 18.2 Å². The Bertz CT molecular complexity index is 419. The lowest BCUT2D eigenvalue weighted by molar-refractivity contribution is -0.142. The summed E-state index contributed by atoms with van der Waals surface area (Å²) < 4.78 is 10.4. The number of carbonyl (C=O) groups excluding carboxylic acids is 1. The van der Waals surface area contributed by atoms with Gasteiger partial charge in [-0.2, -0.15) is 0 Å². The van der Waals surface area contributed by atoms with Gasteiger partial charge in [-0.15, -0.1) is 0 Å². The Hall–Kier alpha value is -1.30. The summed E-state index contributed by atoms with van der Waals surface area (Å²) in [5.74, 6) is -0.244. The van der Waals surface area contributed by atoms with E-state index >= 15 is 0 Å². The van der Waals surface area contributed by atoms with Crippen LogP contribution in [0.1, 0.15) is 0 Å². The molecular formula is C11H13ClN2O3. The van der Waals surface area contributed by atoms with Crippen molar-refractivity contribution in [1.82, 2.24) is 0 Å². The second kappa shape index (κ2) is 5.35. The van der Waals surface area contributed by atoms with Gasteiger partial charge in [0.2, 0.25) is 0 Å². The normalized spacial score (nSPS) is 19.9. The first-order chi connectivity index (χ1) is 8.16. The van der Waals surface area contributed by atoms with Crippen LogP contribution in [0.3, 0.4) is 0 Å². The van der Waals surface area contributed by atoms with Gasteiger partial charge in [0.05, 0.1) is 30.5 Å². The third-order valence-electron chi connectivity index (χ3n) is 2.37. The minimum atomic E-state index is -0.569. The van der Waals surface area contributed by atoms with Gasteiger partial charge < -0.3 is 20.5 Å². The van der Waals surface area contributed by atoms with Crippen molar-refractivity contribution >= 4 is 28.9 Å². The highest BCUT2D eigenvalue weighted by atomic mass is 35.5. The molecule has 0 saturated carbocycles. The van der Waals surface area contributed by atoms with Crippen LogP contribution in [-0.4, -0.2) is 31.8 Å². The average Bonchev–Trinajstić information content (AvgIpc) is 2.35. The average molecular weight is 257 g/mol. The van der Waals surface area contributed by atoms with E-state index in [0.29, 0.717) is 29.6 Å². The predicted octanol–water partition coefficient (Wildman–Crippen LogP) is 1.28. The van der Waals surface area contributed by atoms with Gasteiger partial charge in [-0.05, 0) is 18.2 Å². The van der Waals surface area contributed by atoms with E-state index in [4.69, 9.17) is 26.8 Å². The number of ether oxygens (including phenoxy) is 2. The summed E-state index contributed by atoms with van der Waals surface area (Å²) in [5.41, 5.74) is 6.65. The van der Waals surface area contributed by atoms with Crippen LogP contribution in [-0.2, 0) is 14.3 Å². The zero-order chi connectivity index (χ0) is 12.3. The highest BCUT2D eigenvalue weighted by molar-refractivity contribution is 6.33. The second-order valence-electron chi connectivity index (χ2n) is 3.66. The maximum atomic E-state index is 11.8. The van der Waals surface area contributed by atoms with Crippen molar-refractivity contribution in [2.45, 2.75) is 6.10 Å². The fourth-order valence-electron chi connectivity index (χ4n) is 1.48. The molecule has 3 N–H and O–H groups in total. The largest absolute Gasteiger partial charge is 0.397 e. The molecule has 1 aromatic carbocycles. The molecule has 0 spiro atoms. The van der Waals surface area contributed by atoms with E-state index < -0.39 is 6.10 Å². The number of nitrogen functional groups attached to an aromatic ring is 1. The molecule has 92 valence electrons. The van der Waals surface area contributed by atoms with Crippen LogP contribution >= 0.6 is 11.6 Å². The maximum Gasteiger partial charge on any atom is 0.255 e. The highest BCUT2D eigenvalue weighted by Crippen LogP contribution is 2.22. The molecule has 1 aromatic rings. The molecule has 17 heavy (non-hydrogen) atoms. The maximum absolute atomic E-state index is 11.8. The number of nitrogens with one attached hydrogen (secondary N) is 1. The standard InChI is InChI=1S/C11H13ClN2O3/c12-8-2-1-7(5-9(8)13)14-11(15)10-6-16-3-4-17-10/h1-2,5,10H,3-4,6,13H2,(H,14,15). The molecule has 1 aliphatic rings. The first-order valence-electron chi connectivity index (χ1n) is 5.22. The van der Waals surface area contributed by atoms with Crippen LogP contribution in [0.5, 0.6) is 0 Å². The zero-order valence-corrected chi connectivity index (χ0v) is 9.87. The van der Waals surface area contributed by atoms with Gasteiger partial charge >= 0.3 is 0 Å². The Labute approximate surface area is 104 Å². The molecule has 2 rings (SSSR count). The van der Waals surface area contributed by atoms with Crippen molar-refractivity contribution in [3.8, 4) is 0 Å². The number of carbonyl (C=O) groups is 1. The molecule has 1 aliphatic heterocycles. The number of amides is 1. The van der Waals surface area contributed by atoms with E-state index in [-0.39, 0.29) is 12.5 Å². The Morgan fingerprint density at radius 3 is 2.94 bits per heavy atom. The van der Waals surface area contributed by atoms with Gasteiger partial charge in [0, 0.05) is 5.69 Å². The van der Waals surface area contributed by atoms with E-state index in [9.17, 15) is 4.79 Å². The third kappa shape index (κ3) is 3.09. The third-order valence-corrected chi connectivity index (χ3v) is 2.72. The van der Waals surface area contributed by atoms with Gasteiger partial charge in [0.25, 0.3) is 5.91 Å². The van der Waals surface area contributed by atoms with Crippen LogP contribution < -0.4 is 11.1 Å². The molecular weight excluding hydrogens is 244 g/mol. The first-order valence-corrected chi connectivity index (χ1v) is 5.60. The monoisotopic (exact) mass is 256 g/mol. The summed E-state index contributed by atoms with van der Waals surface area (Å²) in [7, 11) is 0. The van der Waals surface area contributed by atoms with Crippen LogP contribution in [0.4, 0.5) is 11.4 Å². The Balaban J connectivity index is 1.99. The number of benzene rings is 1. The Morgan fingerprint density at radius 1 is 1.47 bits per heavy atom. The van der Waals surface area contributed by atoms with Crippen molar-refractivity contribution in [2.24, 2.45) is 0 Å². The molecule has 0 aliphatic carbocycles. The van der Waals surface area contributed by atoms with Gasteiger partial charge in [-0.1, -0.05) is 11.6 Å². The molecule has 1 atom stereocenters. The Kier molecular flexibility index (Phi) is 3.83. The number of anilines is 2. The quantitative estimate of drug-likeness (QED) is 0.782. The molecule has 1 heterocycles. The van der Waals surface area contributed by atoms with Gasteiger partial charge in [-0.3, -0.25) is 4.79 Å². The summed E-state index contributed by atoms with van der Waals surface area (Å²) in [6, 6.07) is 4.91. The second-order valence-corrected chi connectivity index (χ2v) is 4.07. The van der Waals surface area contributed by atoms with Crippen LogP contribution in [0.25, 0.3) is 0 Å². The summed E-state index contributed by atoms with van der Waals surface area (Å²) in [6.45, 7) is 1.23. The minimum Gasteiger partial charge on any atom is -0.397 e. The minimum absolute atomic E-state index is 0.244. The van der Waals surface area contributed by atoms with Crippen LogP contribution in [0, 0.1) is 0 Å². The summed E-state index contributed by atoms with van der Waals surface area (Å²) >= 11 is 5.78. The molecule has 6 heteroatoms. The summed E-state index contributed by atoms with van der Waals surface area (Å²) in [5, 5.41) is 3.16. The molecule has 5 nitrogen and oxygen atoms in total. The SMILES string of the molecule is Nc1cc(NC(=O)C2COCCO2)ccc1Cl. The predicted molar refractivity (Wildman–Crippen MR) is 65.1 cm³/mol. The van der Waals surface area contributed by atoms with Crippen molar-refractivity contribution < 1.29 is 14.3 Å².